The second kappa shape index (κ2) is 11.3. The summed E-state index contributed by atoms with van der Waals surface area (Å²) < 4.78 is 0. The highest BCUT2D eigenvalue weighted by Crippen LogP contribution is 2.17. The molecule has 0 atom stereocenters. The number of halogens is 1. The summed E-state index contributed by atoms with van der Waals surface area (Å²) in [5.74, 6) is -0.631. The van der Waals surface area contributed by atoms with Crippen molar-refractivity contribution in [1.29, 1.82) is 5.41 Å². The molecule has 9 nitrogen and oxygen atoms in total. The van der Waals surface area contributed by atoms with Crippen LogP contribution in [0.25, 0.3) is 0 Å². The first-order valence-electron chi connectivity index (χ1n) is 8.27. The van der Waals surface area contributed by atoms with Crippen LogP contribution in [-0.2, 0) is 11.2 Å². The van der Waals surface area contributed by atoms with Crippen LogP contribution in [-0.4, -0.2) is 34.4 Å². The third-order valence-corrected chi connectivity index (χ3v) is 3.79. The molecule has 1 aliphatic heterocycles. The quantitative estimate of drug-likeness (QED) is 0.394. The van der Waals surface area contributed by atoms with Crippen LogP contribution in [0.2, 0.25) is 0 Å². The Kier molecular flexibility index (Phi) is 9.14. The fraction of sp³-hybridized carbons (Fsp3) is 0.158. The molecular formula is C19H19ClN4O5. The van der Waals surface area contributed by atoms with Gasteiger partial charge in [0.05, 0.1) is 0 Å². The topological polar surface area (TPSA) is 150 Å². The van der Waals surface area contributed by atoms with Crippen molar-refractivity contribution in [2.24, 2.45) is 5.73 Å². The third-order valence-electron chi connectivity index (χ3n) is 3.79. The van der Waals surface area contributed by atoms with Crippen LogP contribution >= 0.6 is 11.6 Å². The predicted molar refractivity (Wildman–Crippen MR) is 109 cm³/mol. The van der Waals surface area contributed by atoms with Crippen molar-refractivity contribution in [3.63, 3.8) is 0 Å². The van der Waals surface area contributed by atoms with Gasteiger partial charge < -0.3 is 5.73 Å². The summed E-state index contributed by atoms with van der Waals surface area (Å²) in [5, 5.41) is 8.31. The fourth-order valence-corrected chi connectivity index (χ4v) is 2.52. The van der Waals surface area contributed by atoms with Gasteiger partial charge in [0.15, 0.2) is 0 Å². The predicted octanol–water partition coefficient (Wildman–Crippen LogP) is 2.15. The number of hydrogen-bond donors (Lipinski definition) is 3. The molecule has 2 aromatic rings. The van der Waals surface area contributed by atoms with Crippen molar-refractivity contribution in [3.8, 4) is 0 Å². The molecule has 0 saturated heterocycles. The number of amides is 2. The minimum atomic E-state index is -0.368. The molecule has 0 saturated carbocycles. The van der Waals surface area contributed by atoms with Crippen LogP contribution in [0.3, 0.4) is 0 Å². The molecule has 0 fully saturated rings. The van der Waals surface area contributed by atoms with Gasteiger partial charge in [0, 0.05) is 40.1 Å². The molecule has 152 valence electrons. The third kappa shape index (κ3) is 6.82. The molecular weight excluding hydrogens is 400 g/mol. The van der Waals surface area contributed by atoms with E-state index in [-0.39, 0.29) is 22.9 Å². The first kappa shape index (κ1) is 23.4. The molecule has 1 aliphatic rings. The van der Waals surface area contributed by atoms with E-state index in [9.17, 15) is 14.4 Å². The maximum atomic E-state index is 12.4. The summed E-state index contributed by atoms with van der Waals surface area (Å²) in [6.45, 7) is 1.73. The van der Waals surface area contributed by atoms with Crippen LogP contribution in [0.1, 0.15) is 38.8 Å². The number of benzene rings is 2. The number of hydrazine groups is 1. The molecule has 0 aliphatic carbocycles. The van der Waals surface area contributed by atoms with E-state index in [1.807, 2.05) is 18.2 Å². The molecule has 2 aromatic carbocycles. The standard InChI is InChI=1S/C17H16N4O2.C2H3ClO.O2/c18-15(19)12-5-7-13(8-6-12)16(22)20-21-10-9-11-3-1-2-4-14(11)17(21)23;1-2(3)4;1-2/h1-8H,9-10H2,(H3,18,19)(H,20,22);1H3;. The van der Waals surface area contributed by atoms with Gasteiger partial charge >= 0.3 is 0 Å². The van der Waals surface area contributed by atoms with E-state index in [4.69, 9.17) is 21.1 Å². The van der Waals surface area contributed by atoms with Gasteiger partial charge in [-0.1, -0.05) is 30.3 Å². The highest BCUT2D eigenvalue weighted by atomic mass is 35.5. The van der Waals surface area contributed by atoms with Crippen molar-refractivity contribution in [2.45, 2.75) is 13.3 Å². The molecule has 4 N–H and O–H groups in total. The zero-order valence-corrected chi connectivity index (χ0v) is 16.2. The van der Waals surface area contributed by atoms with Gasteiger partial charge in [-0.3, -0.25) is 25.2 Å². The Morgan fingerprint density at radius 3 is 2.14 bits per heavy atom. The summed E-state index contributed by atoms with van der Waals surface area (Å²) >= 11 is 4.64. The SMILES string of the molecule is CC(=O)Cl.N=C(N)c1ccc(C(=O)NN2CCc3ccccc3C2=O)cc1.O=O. The first-order chi connectivity index (χ1) is 13.8. The van der Waals surface area contributed by atoms with E-state index in [2.05, 4.69) is 17.0 Å². The summed E-state index contributed by atoms with van der Waals surface area (Å²) in [6.07, 6.45) is 0.700. The smallest absolute Gasteiger partial charge is 0.272 e. The zero-order chi connectivity index (χ0) is 22.0. The number of nitrogen functional groups attached to an aromatic ring is 1. The van der Waals surface area contributed by atoms with Gasteiger partial charge in [-0.15, -0.1) is 0 Å². The Balaban J connectivity index is 0.000000627. The number of amidine groups is 1. The number of carbonyl (C=O) groups excluding carboxylic acids is 3. The van der Waals surface area contributed by atoms with Crippen molar-refractivity contribution in [2.75, 3.05) is 6.54 Å². The Morgan fingerprint density at radius 2 is 1.59 bits per heavy atom. The Bertz CT molecular complexity index is 898. The number of fused-ring (bicyclic) bond motifs is 1. The molecule has 0 unspecified atom stereocenters. The molecule has 1 heterocycles. The van der Waals surface area contributed by atoms with Crippen LogP contribution < -0.4 is 11.2 Å². The van der Waals surface area contributed by atoms with Crippen molar-refractivity contribution < 1.29 is 14.4 Å². The lowest BCUT2D eigenvalue weighted by atomic mass is 10.0. The van der Waals surface area contributed by atoms with E-state index in [0.29, 0.717) is 29.7 Å². The van der Waals surface area contributed by atoms with Gasteiger partial charge in [-0.2, -0.15) is 0 Å². The van der Waals surface area contributed by atoms with E-state index in [1.165, 1.54) is 11.9 Å². The van der Waals surface area contributed by atoms with E-state index in [1.54, 1.807) is 30.3 Å². The maximum absolute atomic E-state index is 12.4. The molecule has 0 aromatic heterocycles. The molecule has 0 bridgehead atoms. The van der Waals surface area contributed by atoms with Gasteiger partial charge in [0.2, 0.25) is 5.24 Å². The van der Waals surface area contributed by atoms with Crippen LogP contribution in [0.5, 0.6) is 0 Å². The van der Waals surface area contributed by atoms with Crippen LogP contribution in [0.15, 0.2) is 48.5 Å². The Labute approximate surface area is 171 Å². The van der Waals surface area contributed by atoms with Crippen molar-refractivity contribution in [3.05, 3.63) is 80.7 Å². The maximum Gasteiger partial charge on any atom is 0.272 e. The van der Waals surface area contributed by atoms with E-state index < -0.39 is 0 Å². The largest absolute Gasteiger partial charge is 0.384 e. The molecule has 3 rings (SSSR count). The fourth-order valence-electron chi connectivity index (χ4n) is 2.52. The van der Waals surface area contributed by atoms with E-state index >= 15 is 0 Å². The van der Waals surface area contributed by atoms with Crippen molar-refractivity contribution >= 4 is 34.5 Å². The second-order valence-electron chi connectivity index (χ2n) is 5.77. The number of nitrogens with one attached hydrogen (secondary N) is 2. The molecule has 0 spiro atoms. The highest BCUT2D eigenvalue weighted by molar-refractivity contribution is 6.62. The lowest BCUT2D eigenvalue weighted by Gasteiger charge is -2.28. The average molecular weight is 419 g/mol. The number of rotatable bonds is 3. The Hall–Kier alpha value is -3.59. The first-order valence-corrected chi connectivity index (χ1v) is 8.65. The van der Waals surface area contributed by atoms with Crippen molar-refractivity contribution in [1.82, 2.24) is 10.4 Å². The molecule has 0 radical (unpaired) electrons. The average Bonchev–Trinajstić information content (AvgIpc) is 2.71. The zero-order valence-electron chi connectivity index (χ0n) is 15.5. The number of carbonyl (C=O) groups is 3. The number of nitrogens with two attached hydrogens (primary N) is 1. The Morgan fingerprint density at radius 1 is 1.07 bits per heavy atom. The number of hydrogen-bond acceptors (Lipinski definition) is 6. The lowest BCUT2D eigenvalue weighted by Crippen LogP contribution is -2.49. The summed E-state index contributed by atoms with van der Waals surface area (Å²) in [6, 6.07) is 13.8. The lowest BCUT2D eigenvalue weighted by molar-refractivity contribution is -0.109. The molecule has 10 heteroatoms. The monoisotopic (exact) mass is 418 g/mol. The van der Waals surface area contributed by atoms with Gasteiger partial charge in [-0.25, -0.2) is 5.01 Å². The number of nitrogens with zero attached hydrogens (tertiary/aromatic N) is 1. The summed E-state index contributed by atoms with van der Waals surface area (Å²) in [4.78, 5) is 47.9. The summed E-state index contributed by atoms with van der Waals surface area (Å²) in [7, 11) is 0. The second-order valence-corrected chi connectivity index (χ2v) is 6.30. The van der Waals surface area contributed by atoms with Crippen LogP contribution in [0, 0.1) is 15.3 Å². The van der Waals surface area contributed by atoms with Gasteiger partial charge in [-0.05, 0) is 41.8 Å². The minimum Gasteiger partial charge on any atom is -0.384 e. The van der Waals surface area contributed by atoms with Crippen LogP contribution in [0.4, 0.5) is 0 Å². The molecule has 29 heavy (non-hydrogen) atoms. The highest BCUT2D eigenvalue weighted by Gasteiger charge is 2.25. The van der Waals surface area contributed by atoms with Gasteiger partial charge in [0.25, 0.3) is 11.8 Å². The minimum absolute atomic E-state index is 0.0558. The van der Waals surface area contributed by atoms with E-state index in [0.717, 1.165) is 5.56 Å². The van der Waals surface area contributed by atoms with Gasteiger partial charge in [0.1, 0.15) is 5.84 Å². The normalized spacial score (nSPS) is 11.7. The molecule has 2 amide bonds. The summed E-state index contributed by atoms with van der Waals surface area (Å²) in [5.41, 5.74) is 10.6.